The average molecular weight is 571 g/mol. The molecule has 1 unspecified atom stereocenters. The number of carboxylic acid groups (broad SMARTS) is 1. The van der Waals surface area contributed by atoms with Gasteiger partial charge in [-0.3, -0.25) is 9.59 Å². The third-order valence-corrected chi connectivity index (χ3v) is 7.78. The Morgan fingerprint density at radius 2 is 0.800 bits per heavy atom. The van der Waals surface area contributed by atoms with Gasteiger partial charge in [0.1, 0.15) is 0 Å². The van der Waals surface area contributed by atoms with E-state index in [1.807, 2.05) is 0 Å². The van der Waals surface area contributed by atoms with Gasteiger partial charge in [-0.25, -0.2) is 0 Å². The Bertz CT molecular complexity index is 508. The Morgan fingerprint density at radius 3 is 1.18 bits per heavy atom. The number of hydrogen-bond acceptors (Lipinski definition) is 4. The number of ether oxygens (including phenoxy) is 1. The minimum absolute atomic E-state index is 0.0666. The number of aliphatic carboxylic acids is 1. The number of hydrogen-bond donors (Lipinski definition) is 2. The number of unbranched alkanes of at least 4 members (excludes halogenated alkanes) is 22. The van der Waals surface area contributed by atoms with Crippen molar-refractivity contribution in [3.05, 3.63) is 0 Å². The summed E-state index contributed by atoms with van der Waals surface area (Å²) in [5.41, 5.74) is 0. The number of carboxylic acids is 1. The van der Waals surface area contributed by atoms with Gasteiger partial charge in [0.15, 0.2) is 0 Å². The Hall–Kier alpha value is -1.10. The van der Waals surface area contributed by atoms with Crippen LogP contribution in [0.4, 0.5) is 0 Å². The number of aliphatic hydroxyl groups is 1. The van der Waals surface area contributed by atoms with E-state index in [4.69, 9.17) is 5.11 Å². The third-order valence-electron chi connectivity index (χ3n) is 7.78. The molecule has 0 saturated carbocycles. The first-order valence-electron chi connectivity index (χ1n) is 17.4. The lowest BCUT2D eigenvalue weighted by molar-refractivity contribution is -0.141. The predicted octanol–water partition coefficient (Wildman–Crippen LogP) is 10.9. The molecule has 0 aliphatic carbocycles. The van der Waals surface area contributed by atoms with Crippen molar-refractivity contribution in [1.29, 1.82) is 0 Å². The lowest BCUT2D eigenvalue weighted by atomic mass is 10.0. The van der Waals surface area contributed by atoms with Crippen LogP contribution in [0.3, 0.4) is 0 Å². The summed E-state index contributed by atoms with van der Waals surface area (Å²) < 4.78 is 4.62. The van der Waals surface area contributed by atoms with Crippen LogP contribution in [0.15, 0.2) is 0 Å². The molecular formula is C35H70O5. The molecule has 0 heterocycles. The zero-order chi connectivity index (χ0) is 29.9. The molecule has 0 rings (SSSR count). The van der Waals surface area contributed by atoms with Crippen LogP contribution in [0.25, 0.3) is 0 Å². The summed E-state index contributed by atoms with van der Waals surface area (Å²) in [5.74, 6) is -0.741. The Kier molecular flexibility index (Phi) is 36.9. The van der Waals surface area contributed by atoms with E-state index in [1.165, 1.54) is 142 Å². The highest BCUT2D eigenvalue weighted by molar-refractivity contribution is 5.69. The molecule has 40 heavy (non-hydrogen) atoms. The van der Waals surface area contributed by atoms with Crippen LogP contribution in [0.5, 0.6) is 0 Å². The summed E-state index contributed by atoms with van der Waals surface area (Å²) in [6, 6.07) is 0. The SMILES string of the molecule is CCCCCC(O)CCCCCCCCCCCC(=O)O.CCCCCCCCCCCCCCCC(=O)OC. The monoisotopic (exact) mass is 571 g/mol. The van der Waals surface area contributed by atoms with Crippen LogP contribution in [0.1, 0.15) is 200 Å². The van der Waals surface area contributed by atoms with E-state index in [0.717, 1.165) is 38.5 Å². The number of esters is 1. The van der Waals surface area contributed by atoms with E-state index >= 15 is 0 Å². The molecular weight excluding hydrogens is 500 g/mol. The fraction of sp³-hybridized carbons (Fsp3) is 0.943. The number of rotatable bonds is 30. The Balaban J connectivity index is 0. The van der Waals surface area contributed by atoms with Crippen LogP contribution in [-0.2, 0) is 14.3 Å². The maximum atomic E-state index is 10.9. The largest absolute Gasteiger partial charge is 0.481 e. The second kappa shape index (κ2) is 35.9. The molecule has 5 nitrogen and oxygen atoms in total. The molecule has 0 spiro atoms. The maximum Gasteiger partial charge on any atom is 0.305 e. The number of carbonyl (C=O) groups is 2. The standard InChI is InChI=1S/C18H36O3.C17H34O2/c1-2-3-11-14-17(19)15-12-9-7-5-4-6-8-10-13-16-18(20)21;1-3-4-5-6-7-8-9-10-11-12-13-14-15-16-17(18)19-2/h17,19H,2-16H2,1H3,(H,20,21);3-16H2,1-2H3. The quantitative estimate of drug-likeness (QED) is 0.0662. The zero-order valence-corrected chi connectivity index (χ0v) is 27.2. The first-order chi connectivity index (χ1) is 19.5. The van der Waals surface area contributed by atoms with Crippen molar-refractivity contribution < 1.29 is 24.5 Å². The van der Waals surface area contributed by atoms with Gasteiger partial charge >= 0.3 is 11.9 Å². The lowest BCUT2D eigenvalue weighted by Crippen LogP contribution is -2.05. The van der Waals surface area contributed by atoms with Crippen LogP contribution in [0, 0.1) is 0 Å². The van der Waals surface area contributed by atoms with E-state index in [9.17, 15) is 14.7 Å². The van der Waals surface area contributed by atoms with Gasteiger partial charge in [-0.1, -0.05) is 162 Å². The molecule has 0 aliphatic rings. The lowest BCUT2D eigenvalue weighted by Gasteiger charge is -2.09. The van der Waals surface area contributed by atoms with Crippen molar-refractivity contribution >= 4 is 11.9 Å². The van der Waals surface area contributed by atoms with Crippen molar-refractivity contribution in [2.45, 2.75) is 206 Å². The van der Waals surface area contributed by atoms with Gasteiger partial charge in [0, 0.05) is 12.8 Å². The molecule has 0 amide bonds. The molecule has 0 radical (unpaired) electrons. The van der Waals surface area contributed by atoms with Crippen molar-refractivity contribution in [2.75, 3.05) is 7.11 Å². The number of methoxy groups -OCH3 is 1. The van der Waals surface area contributed by atoms with Crippen molar-refractivity contribution in [2.24, 2.45) is 0 Å². The van der Waals surface area contributed by atoms with Crippen LogP contribution >= 0.6 is 0 Å². The summed E-state index contributed by atoms with van der Waals surface area (Å²) in [5, 5.41) is 18.3. The highest BCUT2D eigenvalue weighted by Gasteiger charge is 2.03. The van der Waals surface area contributed by atoms with Crippen molar-refractivity contribution in [3.8, 4) is 0 Å². The molecule has 240 valence electrons. The van der Waals surface area contributed by atoms with E-state index in [1.54, 1.807) is 0 Å². The summed E-state index contributed by atoms with van der Waals surface area (Å²) in [6.45, 7) is 4.46. The molecule has 0 bridgehead atoms. The summed E-state index contributed by atoms with van der Waals surface area (Å²) in [4.78, 5) is 21.2. The van der Waals surface area contributed by atoms with Gasteiger partial charge in [0.05, 0.1) is 13.2 Å². The second-order valence-corrected chi connectivity index (χ2v) is 11.8. The molecule has 0 aromatic heterocycles. The van der Waals surface area contributed by atoms with Gasteiger partial charge < -0.3 is 14.9 Å². The van der Waals surface area contributed by atoms with Gasteiger partial charge in [0.25, 0.3) is 0 Å². The summed E-state index contributed by atoms with van der Waals surface area (Å²) in [7, 11) is 1.46. The summed E-state index contributed by atoms with van der Waals surface area (Å²) in [6.07, 6.45) is 34.3. The topological polar surface area (TPSA) is 83.8 Å². The molecule has 0 saturated heterocycles. The van der Waals surface area contributed by atoms with Crippen LogP contribution < -0.4 is 0 Å². The predicted molar refractivity (Wildman–Crippen MR) is 171 cm³/mol. The molecule has 0 fully saturated rings. The Labute approximate surface area is 249 Å². The van der Waals surface area contributed by atoms with E-state index in [-0.39, 0.29) is 12.1 Å². The minimum Gasteiger partial charge on any atom is -0.481 e. The minimum atomic E-state index is -0.674. The fourth-order valence-corrected chi connectivity index (χ4v) is 5.06. The highest BCUT2D eigenvalue weighted by Crippen LogP contribution is 2.15. The molecule has 0 aliphatic heterocycles. The molecule has 5 heteroatoms. The van der Waals surface area contributed by atoms with E-state index in [0.29, 0.717) is 12.8 Å². The molecule has 2 N–H and O–H groups in total. The first kappa shape index (κ1) is 41.0. The Morgan fingerprint density at radius 1 is 0.500 bits per heavy atom. The molecule has 0 aromatic carbocycles. The number of carbonyl (C=O) groups excluding carboxylic acids is 1. The fourth-order valence-electron chi connectivity index (χ4n) is 5.06. The average Bonchev–Trinajstić information content (AvgIpc) is 2.94. The van der Waals surface area contributed by atoms with Gasteiger partial charge in [0.2, 0.25) is 0 Å². The van der Waals surface area contributed by atoms with E-state index in [2.05, 4.69) is 18.6 Å². The van der Waals surface area contributed by atoms with Crippen molar-refractivity contribution in [1.82, 2.24) is 0 Å². The first-order valence-corrected chi connectivity index (χ1v) is 17.4. The smallest absolute Gasteiger partial charge is 0.305 e. The number of aliphatic hydroxyl groups excluding tert-OH is 1. The molecule has 0 aromatic rings. The zero-order valence-electron chi connectivity index (χ0n) is 27.2. The molecule has 1 atom stereocenters. The van der Waals surface area contributed by atoms with Gasteiger partial charge in [-0.05, 0) is 25.7 Å². The third kappa shape index (κ3) is 39.0. The van der Waals surface area contributed by atoms with Gasteiger partial charge in [-0.2, -0.15) is 0 Å². The van der Waals surface area contributed by atoms with E-state index < -0.39 is 5.97 Å². The normalized spacial score (nSPS) is 11.6. The highest BCUT2D eigenvalue weighted by atomic mass is 16.5. The second-order valence-electron chi connectivity index (χ2n) is 11.8. The van der Waals surface area contributed by atoms with Crippen LogP contribution in [-0.4, -0.2) is 35.4 Å². The van der Waals surface area contributed by atoms with Gasteiger partial charge in [-0.15, -0.1) is 0 Å². The summed E-state index contributed by atoms with van der Waals surface area (Å²) >= 11 is 0. The maximum absolute atomic E-state index is 10.9. The van der Waals surface area contributed by atoms with Crippen molar-refractivity contribution in [3.63, 3.8) is 0 Å². The van der Waals surface area contributed by atoms with Crippen LogP contribution in [0.2, 0.25) is 0 Å².